The highest BCUT2D eigenvalue weighted by Gasteiger charge is 2.22. The molecule has 0 aliphatic carbocycles. The summed E-state index contributed by atoms with van der Waals surface area (Å²) < 4.78 is 4.80. The first-order valence-corrected chi connectivity index (χ1v) is 8.03. The van der Waals surface area contributed by atoms with Gasteiger partial charge in [0.05, 0.1) is 25.1 Å². The second kappa shape index (κ2) is 9.25. The normalized spacial score (nSPS) is 9.65. The molecule has 0 atom stereocenters. The van der Waals surface area contributed by atoms with Crippen molar-refractivity contribution in [2.45, 2.75) is 6.92 Å². The van der Waals surface area contributed by atoms with Crippen LogP contribution in [0.1, 0.15) is 12.5 Å². The molecule has 0 radical (unpaired) electrons. The molecule has 2 aromatic carbocycles. The molecule has 0 fully saturated rings. The molecular weight excluding hydrogens is 332 g/mol. The van der Waals surface area contributed by atoms with Crippen LogP contribution in [0.4, 0.5) is 16.2 Å². The minimum atomic E-state index is -0.612. The lowest BCUT2D eigenvalue weighted by molar-refractivity contribution is -0.136. The molecule has 0 aromatic heterocycles. The number of rotatable bonds is 4. The molecule has 2 rings (SSSR count). The van der Waals surface area contributed by atoms with Gasteiger partial charge in [0.1, 0.15) is 0 Å². The van der Waals surface area contributed by atoms with Gasteiger partial charge < -0.3 is 4.74 Å². The topological polar surface area (TPSA) is 59.1 Å². The zero-order valence-corrected chi connectivity index (χ0v) is 14.9. The van der Waals surface area contributed by atoms with Crippen LogP contribution in [-0.4, -0.2) is 32.8 Å². The maximum absolute atomic E-state index is 12.9. The van der Waals surface area contributed by atoms with Gasteiger partial charge in [-0.05, 0) is 31.2 Å². The second-order valence-corrected chi connectivity index (χ2v) is 5.14. The molecule has 0 saturated heterocycles. The number of hydroxylamine groups is 1. The zero-order chi connectivity index (χ0) is 18.9. The molecule has 26 heavy (non-hydrogen) atoms. The first kappa shape index (κ1) is 19.0. The lowest BCUT2D eigenvalue weighted by Crippen LogP contribution is -2.41. The van der Waals surface area contributed by atoms with Crippen LogP contribution in [-0.2, 0) is 14.4 Å². The Morgan fingerprint density at radius 3 is 2.35 bits per heavy atom. The summed E-state index contributed by atoms with van der Waals surface area (Å²) in [6.07, 6.45) is 0. The summed E-state index contributed by atoms with van der Waals surface area (Å²) in [4.78, 5) is 31.0. The number of hydrogen-bond donors (Lipinski definition) is 0. The summed E-state index contributed by atoms with van der Waals surface area (Å²) in [5.41, 5.74) is 1.68. The monoisotopic (exact) mass is 352 g/mol. The Bertz CT molecular complexity index is 824. The van der Waals surface area contributed by atoms with Crippen LogP contribution in [0.25, 0.3) is 0 Å². The fourth-order valence-corrected chi connectivity index (χ4v) is 2.25. The van der Waals surface area contributed by atoms with E-state index >= 15 is 0 Å². The third kappa shape index (κ3) is 4.62. The van der Waals surface area contributed by atoms with Gasteiger partial charge in [0.25, 0.3) is 0 Å². The van der Waals surface area contributed by atoms with Gasteiger partial charge in [-0.3, -0.25) is 9.74 Å². The van der Waals surface area contributed by atoms with Crippen LogP contribution >= 0.6 is 0 Å². The van der Waals surface area contributed by atoms with E-state index < -0.39 is 12.0 Å². The van der Waals surface area contributed by atoms with Crippen molar-refractivity contribution in [1.29, 1.82) is 0 Å². The summed E-state index contributed by atoms with van der Waals surface area (Å²) in [5, 5.41) is 1.18. The minimum Gasteiger partial charge on any atom is -0.456 e. The number of carbonyl (C=O) groups is 2. The fourth-order valence-electron chi connectivity index (χ4n) is 2.25. The molecule has 2 aromatic rings. The Balaban J connectivity index is 2.30. The maximum Gasteiger partial charge on any atom is 0.384 e. The molecule has 0 spiro atoms. The Morgan fingerprint density at radius 2 is 1.69 bits per heavy atom. The lowest BCUT2D eigenvalue weighted by Gasteiger charge is -2.26. The van der Waals surface area contributed by atoms with E-state index in [1.165, 1.54) is 17.1 Å². The molecule has 6 heteroatoms. The number of urea groups is 1. The van der Waals surface area contributed by atoms with Gasteiger partial charge in [-0.2, -0.15) is 5.06 Å². The summed E-state index contributed by atoms with van der Waals surface area (Å²) in [6, 6.07) is 15.6. The number of hydrogen-bond acceptors (Lipinski definition) is 4. The van der Waals surface area contributed by atoms with E-state index in [2.05, 4.69) is 11.8 Å². The van der Waals surface area contributed by atoms with Crippen LogP contribution in [0.2, 0.25) is 0 Å². The van der Waals surface area contributed by atoms with E-state index in [0.29, 0.717) is 16.9 Å². The molecule has 0 unspecified atom stereocenters. The molecule has 0 saturated carbocycles. The molecule has 0 N–H and O–H groups in total. The third-order valence-electron chi connectivity index (χ3n) is 3.47. The SMILES string of the molecule is CCOC(=O)C#Cc1ccccc1N(C)C(=O)N(OC)c1ccccc1. The molecule has 0 bridgehead atoms. The Kier molecular flexibility index (Phi) is 6.77. The van der Waals surface area contributed by atoms with Gasteiger partial charge in [-0.25, -0.2) is 9.59 Å². The number of esters is 1. The summed E-state index contributed by atoms with van der Waals surface area (Å²) in [7, 11) is 3.04. The lowest BCUT2D eigenvalue weighted by atomic mass is 10.1. The molecule has 2 amide bonds. The van der Waals surface area contributed by atoms with Gasteiger partial charge in [0, 0.05) is 18.5 Å². The quantitative estimate of drug-likeness (QED) is 0.482. The smallest absolute Gasteiger partial charge is 0.384 e. The predicted octanol–water partition coefficient (Wildman–Crippen LogP) is 3.23. The second-order valence-electron chi connectivity index (χ2n) is 5.14. The molecule has 134 valence electrons. The molecule has 0 aliphatic rings. The third-order valence-corrected chi connectivity index (χ3v) is 3.47. The van der Waals surface area contributed by atoms with Crippen molar-refractivity contribution in [3.8, 4) is 11.8 Å². The average Bonchev–Trinajstić information content (AvgIpc) is 2.67. The van der Waals surface area contributed by atoms with Crippen molar-refractivity contribution in [3.05, 3.63) is 60.2 Å². The summed E-state index contributed by atoms with van der Waals surface area (Å²) >= 11 is 0. The first-order valence-electron chi connectivity index (χ1n) is 8.03. The largest absolute Gasteiger partial charge is 0.456 e. The van der Waals surface area contributed by atoms with E-state index in [1.807, 2.05) is 18.2 Å². The Hall–Kier alpha value is -3.30. The van der Waals surface area contributed by atoms with Gasteiger partial charge >= 0.3 is 12.0 Å². The summed E-state index contributed by atoms with van der Waals surface area (Å²) in [6.45, 7) is 1.97. The first-order chi connectivity index (χ1) is 12.6. The van der Waals surface area contributed by atoms with Crippen molar-refractivity contribution >= 4 is 23.4 Å². The zero-order valence-electron chi connectivity index (χ0n) is 14.9. The van der Waals surface area contributed by atoms with E-state index in [4.69, 9.17) is 9.57 Å². The number of amides is 2. The van der Waals surface area contributed by atoms with Crippen molar-refractivity contribution < 1.29 is 19.2 Å². The Labute approximate surface area is 152 Å². The number of ether oxygens (including phenoxy) is 1. The highest BCUT2D eigenvalue weighted by molar-refractivity contribution is 6.02. The highest BCUT2D eigenvalue weighted by atomic mass is 16.7. The number of nitrogens with zero attached hydrogens (tertiary/aromatic N) is 2. The van der Waals surface area contributed by atoms with Crippen LogP contribution in [0.5, 0.6) is 0 Å². The Morgan fingerprint density at radius 1 is 1.04 bits per heavy atom. The fraction of sp³-hybridized carbons (Fsp3) is 0.200. The number of benzene rings is 2. The van der Waals surface area contributed by atoms with E-state index in [1.54, 1.807) is 50.4 Å². The molecule has 0 heterocycles. The van der Waals surface area contributed by atoms with Crippen molar-refractivity contribution in [2.75, 3.05) is 30.7 Å². The van der Waals surface area contributed by atoms with Gasteiger partial charge in [0.15, 0.2) is 0 Å². The molecular formula is C20H20N2O4. The van der Waals surface area contributed by atoms with E-state index in [9.17, 15) is 9.59 Å². The van der Waals surface area contributed by atoms with Crippen molar-refractivity contribution in [3.63, 3.8) is 0 Å². The molecule has 6 nitrogen and oxygen atoms in total. The van der Waals surface area contributed by atoms with Gasteiger partial charge in [0.2, 0.25) is 0 Å². The van der Waals surface area contributed by atoms with Crippen LogP contribution < -0.4 is 9.96 Å². The number of carbonyl (C=O) groups excluding carboxylic acids is 2. The van der Waals surface area contributed by atoms with Crippen molar-refractivity contribution in [2.24, 2.45) is 0 Å². The summed E-state index contributed by atoms with van der Waals surface area (Å²) in [5.74, 6) is 4.56. The van der Waals surface area contributed by atoms with Crippen molar-refractivity contribution in [1.82, 2.24) is 0 Å². The maximum atomic E-state index is 12.9. The van der Waals surface area contributed by atoms with Gasteiger partial charge in [-0.15, -0.1) is 0 Å². The predicted molar refractivity (Wildman–Crippen MR) is 99.7 cm³/mol. The van der Waals surface area contributed by atoms with Gasteiger partial charge in [-0.1, -0.05) is 36.3 Å². The number of anilines is 2. The van der Waals surface area contributed by atoms with E-state index in [0.717, 1.165) is 0 Å². The van der Waals surface area contributed by atoms with Crippen LogP contribution in [0.15, 0.2) is 54.6 Å². The minimum absolute atomic E-state index is 0.257. The molecule has 0 aliphatic heterocycles. The average molecular weight is 352 g/mol. The van der Waals surface area contributed by atoms with E-state index in [-0.39, 0.29) is 6.61 Å². The van der Waals surface area contributed by atoms with Crippen LogP contribution in [0.3, 0.4) is 0 Å². The standard InChI is InChI=1S/C20H20N2O4/c1-4-26-19(23)15-14-16-10-8-9-13-18(16)21(2)20(24)22(25-3)17-11-6-5-7-12-17/h5-13H,4H2,1-3H3. The van der Waals surface area contributed by atoms with Crippen LogP contribution in [0, 0.1) is 11.8 Å². The number of para-hydroxylation sites is 2. The highest BCUT2D eigenvalue weighted by Crippen LogP contribution is 2.22.